The fourth-order valence-electron chi connectivity index (χ4n) is 2.11. The summed E-state index contributed by atoms with van der Waals surface area (Å²) in [6.45, 7) is 1.82. The summed E-state index contributed by atoms with van der Waals surface area (Å²) in [5, 5.41) is -0.128. The van der Waals surface area contributed by atoms with Crippen molar-refractivity contribution < 1.29 is 12.8 Å². The highest BCUT2D eigenvalue weighted by atomic mass is 35.5. The van der Waals surface area contributed by atoms with E-state index in [9.17, 15) is 12.8 Å². The van der Waals surface area contributed by atoms with Gasteiger partial charge in [-0.1, -0.05) is 11.6 Å². The minimum absolute atomic E-state index is 0.0175. The highest BCUT2D eigenvalue weighted by Crippen LogP contribution is 2.33. The molecule has 1 aliphatic rings. The van der Waals surface area contributed by atoms with Crippen LogP contribution in [0.25, 0.3) is 0 Å². The maximum absolute atomic E-state index is 13.6. The molecule has 19 heavy (non-hydrogen) atoms. The van der Waals surface area contributed by atoms with Crippen molar-refractivity contribution in [3.8, 4) is 0 Å². The van der Waals surface area contributed by atoms with Crippen molar-refractivity contribution in [1.82, 2.24) is 4.72 Å². The van der Waals surface area contributed by atoms with E-state index in [-0.39, 0.29) is 22.0 Å². The summed E-state index contributed by atoms with van der Waals surface area (Å²) < 4.78 is 40.6. The molecule has 0 bridgehead atoms. The second-order valence-electron chi connectivity index (χ2n) is 5.10. The van der Waals surface area contributed by atoms with E-state index < -0.39 is 21.4 Å². The number of hydrogen-bond donors (Lipinski definition) is 2. The molecule has 1 aromatic carbocycles. The Balaban J connectivity index is 2.37. The molecule has 0 amide bonds. The van der Waals surface area contributed by atoms with Crippen molar-refractivity contribution in [2.45, 2.75) is 43.2 Å². The Hall–Kier alpha value is -0.690. The Kier molecular flexibility index (Phi) is 3.88. The zero-order valence-electron chi connectivity index (χ0n) is 10.5. The lowest BCUT2D eigenvalue weighted by Crippen LogP contribution is -2.50. The lowest BCUT2D eigenvalue weighted by atomic mass is 9.80. The fraction of sp³-hybridized carbons (Fsp3) is 0.500. The van der Waals surface area contributed by atoms with Gasteiger partial charge in [0.25, 0.3) is 0 Å². The minimum atomic E-state index is -3.75. The van der Waals surface area contributed by atoms with E-state index in [0.717, 1.165) is 25.3 Å². The van der Waals surface area contributed by atoms with Gasteiger partial charge in [0.15, 0.2) is 0 Å². The molecule has 7 heteroatoms. The molecular formula is C12H16ClFN2O2S. The van der Waals surface area contributed by atoms with Gasteiger partial charge in [-0.05, 0) is 43.9 Å². The molecule has 0 heterocycles. The predicted molar refractivity (Wildman–Crippen MR) is 71.9 cm³/mol. The number of benzene rings is 1. The molecule has 0 unspecified atom stereocenters. The molecule has 0 spiro atoms. The number of nitrogens with two attached hydrogens (primary N) is 1. The van der Waals surface area contributed by atoms with Gasteiger partial charge in [-0.3, -0.25) is 0 Å². The highest BCUT2D eigenvalue weighted by Gasteiger charge is 2.36. The molecule has 2 rings (SSSR count). The third kappa shape index (κ3) is 2.91. The van der Waals surface area contributed by atoms with Crippen LogP contribution in [-0.2, 0) is 16.6 Å². The van der Waals surface area contributed by atoms with Crippen LogP contribution in [0.5, 0.6) is 0 Å². The van der Waals surface area contributed by atoms with Gasteiger partial charge in [0.2, 0.25) is 10.0 Å². The SMILES string of the molecule is CC1(NS(=O)(=O)c2cc(F)c(Cl)c(CN)c2)CCC1. The van der Waals surface area contributed by atoms with Crippen LogP contribution < -0.4 is 10.5 Å². The predicted octanol–water partition coefficient (Wildman–Crippen LogP) is 2.16. The number of halogens is 2. The number of rotatable bonds is 4. The molecule has 3 N–H and O–H groups in total. The molecule has 0 saturated heterocycles. The lowest BCUT2D eigenvalue weighted by Gasteiger charge is -2.38. The van der Waals surface area contributed by atoms with Crippen LogP contribution in [0.1, 0.15) is 31.7 Å². The van der Waals surface area contributed by atoms with Gasteiger partial charge in [0.1, 0.15) is 5.82 Å². The summed E-state index contributed by atoms with van der Waals surface area (Å²) in [6, 6.07) is 2.24. The molecule has 1 fully saturated rings. The summed E-state index contributed by atoms with van der Waals surface area (Å²) in [5.74, 6) is -0.774. The van der Waals surface area contributed by atoms with Gasteiger partial charge in [-0.25, -0.2) is 17.5 Å². The largest absolute Gasteiger partial charge is 0.326 e. The second-order valence-corrected chi connectivity index (χ2v) is 7.16. The van der Waals surface area contributed by atoms with Crippen LogP contribution in [-0.4, -0.2) is 14.0 Å². The van der Waals surface area contributed by atoms with Gasteiger partial charge in [-0.15, -0.1) is 0 Å². The molecular weight excluding hydrogens is 291 g/mol. The maximum atomic E-state index is 13.6. The molecule has 106 valence electrons. The molecule has 0 radical (unpaired) electrons. The molecule has 0 aliphatic heterocycles. The van der Waals surface area contributed by atoms with E-state index in [1.54, 1.807) is 0 Å². The second kappa shape index (κ2) is 5.01. The first-order valence-electron chi connectivity index (χ1n) is 5.99. The van der Waals surface area contributed by atoms with Crippen molar-refractivity contribution in [2.24, 2.45) is 5.73 Å². The van der Waals surface area contributed by atoms with E-state index in [1.165, 1.54) is 6.07 Å². The van der Waals surface area contributed by atoms with Crippen LogP contribution in [0.2, 0.25) is 5.02 Å². The lowest BCUT2D eigenvalue weighted by molar-refractivity contribution is 0.248. The Labute approximate surface area is 117 Å². The molecule has 0 aromatic heterocycles. The number of sulfonamides is 1. The fourth-order valence-corrected chi connectivity index (χ4v) is 3.83. The molecule has 1 aromatic rings. The van der Waals surface area contributed by atoms with Gasteiger partial charge < -0.3 is 5.73 Å². The van der Waals surface area contributed by atoms with Crippen LogP contribution in [0.3, 0.4) is 0 Å². The minimum Gasteiger partial charge on any atom is -0.326 e. The van der Waals surface area contributed by atoms with Crippen LogP contribution in [0, 0.1) is 5.82 Å². The summed E-state index contributed by atoms with van der Waals surface area (Å²) in [4.78, 5) is -0.136. The van der Waals surface area contributed by atoms with E-state index in [2.05, 4.69) is 4.72 Å². The van der Waals surface area contributed by atoms with E-state index in [1.807, 2.05) is 6.92 Å². The van der Waals surface area contributed by atoms with E-state index in [0.29, 0.717) is 0 Å². The third-order valence-corrected chi connectivity index (χ3v) is 5.49. The van der Waals surface area contributed by atoms with Crippen molar-refractivity contribution >= 4 is 21.6 Å². The van der Waals surface area contributed by atoms with Crippen LogP contribution >= 0.6 is 11.6 Å². The van der Waals surface area contributed by atoms with Crippen LogP contribution in [0.4, 0.5) is 4.39 Å². The standard InChI is InChI=1S/C12H16ClFN2O2S/c1-12(3-2-4-12)16-19(17,18)9-5-8(7-15)11(13)10(14)6-9/h5-6,16H,2-4,7,15H2,1H3. The zero-order valence-corrected chi connectivity index (χ0v) is 12.1. The van der Waals surface area contributed by atoms with Gasteiger partial charge in [0, 0.05) is 12.1 Å². The Morgan fingerprint density at radius 2 is 2.11 bits per heavy atom. The summed E-state index contributed by atoms with van der Waals surface area (Å²) in [6.07, 6.45) is 2.56. The van der Waals surface area contributed by atoms with Crippen LogP contribution in [0.15, 0.2) is 17.0 Å². The molecule has 0 atom stereocenters. The van der Waals surface area contributed by atoms with E-state index in [4.69, 9.17) is 17.3 Å². The quantitative estimate of drug-likeness (QED) is 0.895. The molecule has 1 aliphatic carbocycles. The smallest absolute Gasteiger partial charge is 0.241 e. The van der Waals surface area contributed by atoms with E-state index >= 15 is 0 Å². The van der Waals surface area contributed by atoms with Crippen molar-refractivity contribution in [1.29, 1.82) is 0 Å². The monoisotopic (exact) mass is 306 g/mol. The summed E-state index contributed by atoms with van der Waals surface area (Å²) >= 11 is 5.72. The topological polar surface area (TPSA) is 72.2 Å². The van der Waals surface area contributed by atoms with Gasteiger partial charge in [0.05, 0.1) is 9.92 Å². The number of hydrogen-bond acceptors (Lipinski definition) is 3. The third-order valence-electron chi connectivity index (χ3n) is 3.45. The average molecular weight is 307 g/mol. The average Bonchev–Trinajstić information content (AvgIpc) is 2.29. The zero-order chi connectivity index (χ0) is 14.3. The Morgan fingerprint density at radius 3 is 2.58 bits per heavy atom. The normalized spacial score (nSPS) is 18.1. The van der Waals surface area contributed by atoms with Gasteiger partial charge in [-0.2, -0.15) is 0 Å². The maximum Gasteiger partial charge on any atom is 0.241 e. The first kappa shape index (κ1) is 14.7. The summed E-state index contributed by atoms with van der Waals surface area (Å²) in [7, 11) is -3.75. The highest BCUT2D eigenvalue weighted by molar-refractivity contribution is 7.89. The van der Waals surface area contributed by atoms with Crippen molar-refractivity contribution in [3.05, 3.63) is 28.5 Å². The van der Waals surface area contributed by atoms with Crippen molar-refractivity contribution in [2.75, 3.05) is 0 Å². The first-order chi connectivity index (χ1) is 8.77. The van der Waals surface area contributed by atoms with Gasteiger partial charge >= 0.3 is 0 Å². The summed E-state index contributed by atoms with van der Waals surface area (Å²) in [5.41, 5.74) is 5.28. The Morgan fingerprint density at radius 1 is 1.47 bits per heavy atom. The Bertz CT molecular complexity index is 600. The van der Waals surface area contributed by atoms with Crippen molar-refractivity contribution in [3.63, 3.8) is 0 Å². The first-order valence-corrected chi connectivity index (χ1v) is 7.85. The molecule has 1 saturated carbocycles. The number of nitrogens with one attached hydrogen (secondary N) is 1. The molecule has 4 nitrogen and oxygen atoms in total.